The number of allylic oxidation sites excluding steroid dienone is 2. The third kappa shape index (κ3) is 4.69. The van der Waals surface area contributed by atoms with Gasteiger partial charge >= 0.3 is 5.69 Å². The number of nitro groups is 1. The lowest BCUT2D eigenvalue weighted by Gasteiger charge is -2.31. The van der Waals surface area contributed by atoms with Crippen molar-refractivity contribution in [1.29, 1.82) is 0 Å². The van der Waals surface area contributed by atoms with Crippen LogP contribution in [-0.2, 0) is 4.74 Å². The SMILES string of the molecule is Nc1ncnc(N/N=C\C2=C(N3CCOCC3)C(=Cc3ccccc3)CC2)c1[N+](=O)[O-]. The van der Waals surface area contributed by atoms with E-state index >= 15 is 0 Å². The Bertz CT molecular complexity index is 1040. The van der Waals surface area contributed by atoms with E-state index in [4.69, 9.17) is 10.5 Å². The lowest BCUT2D eigenvalue weighted by Crippen LogP contribution is -2.36. The number of morpholine rings is 1. The molecule has 0 unspecified atom stereocenters. The van der Waals surface area contributed by atoms with Gasteiger partial charge in [-0.15, -0.1) is 0 Å². The molecular weight excluding hydrogens is 398 g/mol. The molecule has 1 saturated heterocycles. The molecule has 31 heavy (non-hydrogen) atoms. The first kappa shape index (κ1) is 20.5. The summed E-state index contributed by atoms with van der Waals surface area (Å²) in [5.41, 5.74) is 12.5. The number of benzene rings is 1. The summed E-state index contributed by atoms with van der Waals surface area (Å²) in [6, 6.07) is 10.2. The van der Waals surface area contributed by atoms with Gasteiger partial charge in [-0.05, 0) is 35.6 Å². The van der Waals surface area contributed by atoms with Crippen molar-refractivity contribution < 1.29 is 9.66 Å². The minimum atomic E-state index is -0.623. The van der Waals surface area contributed by atoms with Crippen LogP contribution in [-0.4, -0.2) is 52.3 Å². The van der Waals surface area contributed by atoms with Gasteiger partial charge in [0.25, 0.3) is 0 Å². The first-order valence-electron chi connectivity index (χ1n) is 9.99. The quantitative estimate of drug-likeness (QED) is 0.413. The van der Waals surface area contributed by atoms with E-state index in [0.717, 1.165) is 49.1 Å². The van der Waals surface area contributed by atoms with E-state index in [1.54, 1.807) is 6.21 Å². The number of hydrogen-bond acceptors (Lipinski definition) is 9. The molecule has 2 aromatic rings. The minimum Gasteiger partial charge on any atom is -0.378 e. The molecule has 160 valence electrons. The number of nitrogens with two attached hydrogens (primary N) is 1. The highest BCUT2D eigenvalue weighted by molar-refractivity contribution is 5.84. The van der Waals surface area contributed by atoms with Gasteiger partial charge in [-0.2, -0.15) is 5.10 Å². The number of aromatic nitrogens is 2. The zero-order valence-corrected chi connectivity index (χ0v) is 16.9. The summed E-state index contributed by atoms with van der Waals surface area (Å²) >= 11 is 0. The zero-order chi connectivity index (χ0) is 21.6. The predicted octanol–water partition coefficient (Wildman–Crippen LogP) is 2.83. The molecule has 0 amide bonds. The molecular formula is C21H23N7O3. The second-order valence-corrected chi connectivity index (χ2v) is 7.14. The molecule has 0 spiro atoms. The van der Waals surface area contributed by atoms with Crippen LogP contribution >= 0.6 is 0 Å². The van der Waals surface area contributed by atoms with Crippen LogP contribution in [0.4, 0.5) is 17.3 Å². The van der Waals surface area contributed by atoms with Crippen LogP contribution < -0.4 is 11.2 Å². The molecule has 10 nitrogen and oxygen atoms in total. The molecule has 0 bridgehead atoms. The van der Waals surface area contributed by atoms with Crippen LogP contribution in [0.15, 0.2) is 58.6 Å². The van der Waals surface area contributed by atoms with Gasteiger partial charge in [-0.3, -0.25) is 15.5 Å². The molecule has 10 heteroatoms. The summed E-state index contributed by atoms with van der Waals surface area (Å²) in [6.45, 7) is 2.97. The Labute approximate surface area is 179 Å². The van der Waals surface area contributed by atoms with Gasteiger partial charge in [0, 0.05) is 18.8 Å². The van der Waals surface area contributed by atoms with E-state index in [1.165, 1.54) is 5.57 Å². The fourth-order valence-corrected chi connectivity index (χ4v) is 3.75. The first-order valence-corrected chi connectivity index (χ1v) is 9.99. The summed E-state index contributed by atoms with van der Waals surface area (Å²) in [4.78, 5) is 20.5. The molecule has 1 aliphatic heterocycles. The Morgan fingerprint density at radius 2 is 1.97 bits per heavy atom. The fourth-order valence-electron chi connectivity index (χ4n) is 3.75. The largest absolute Gasteiger partial charge is 0.378 e. The Kier molecular flexibility index (Phi) is 6.18. The highest BCUT2D eigenvalue weighted by Gasteiger charge is 2.26. The maximum atomic E-state index is 11.3. The number of hydrogen-bond donors (Lipinski definition) is 2. The van der Waals surface area contributed by atoms with Gasteiger partial charge in [0.1, 0.15) is 6.33 Å². The van der Waals surface area contributed by atoms with Crippen molar-refractivity contribution in [2.45, 2.75) is 12.8 Å². The van der Waals surface area contributed by atoms with Gasteiger partial charge in [0.15, 0.2) is 0 Å². The van der Waals surface area contributed by atoms with Crippen molar-refractivity contribution in [3.8, 4) is 0 Å². The summed E-state index contributed by atoms with van der Waals surface area (Å²) < 4.78 is 5.51. The third-order valence-electron chi connectivity index (χ3n) is 5.16. The Balaban J connectivity index is 1.63. The molecule has 1 fully saturated rings. The van der Waals surface area contributed by atoms with Crippen molar-refractivity contribution in [3.05, 3.63) is 69.2 Å². The lowest BCUT2D eigenvalue weighted by molar-refractivity contribution is -0.383. The van der Waals surface area contributed by atoms with Crippen molar-refractivity contribution in [1.82, 2.24) is 14.9 Å². The number of ether oxygens (including phenoxy) is 1. The molecule has 2 heterocycles. The normalized spacial score (nSPS) is 18.2. The van der Waals surface area contributed by atoms with E-state index in [0.29, 0.717) is 13.2 Å². The Morgan fingerprint density at radius 1 is 1.19 bits per heavy atom. The summed E-state index contributed by atoms with van der Waals surface area (Å²) in [6.07, 6.45) is 6.79. The van der Waals surface area contributed by atoms with Gasteiger partial charge in [0.2, 0.25) is 11.6 Å². The van der Waals surface area contributed by atoms with Crippen molar-refractivity contribution in [3.63, 3.8) is 0 Å². The summed E-state index contributed by atoms with van der Waals surface area (Å²) in [5, 5.41) is 15.5. The van der Waals surface area contributed by atoms with Crippen LogP contribution in [0, 0.1) is 10.1 Å². The molecule has 0 saturated carbocycles. The van der Waals surface area contributed by atoms with E-state index in [1.807, 2.05) is 18.2 Å². The molecule has 1 aromatic heterocycles. The van der Waals surface area contributed by atoms with Crippen molar-refractivity contribution in [2.24, 2.45) is 5.10 Å². The Morgan fingerprint density at radius 3 is 2.71 bits per heavy atom. The third-order valence-corrected chi connectivity index (χ3v) is 5.16. The summed E-state index contributed by atoms with van der Waals surface area (Å²) in [5.74, 6) is -0.250. The number of hydrazone groups is 1. The summed E-state index contributed by atoms with van der Waals surface area (Å²) in [7, 11) is 0. The predicted molar refractivity (Wildman–Crippen MR) is 118 cm³/mol. The number of rotatable bonds is 6. The molecule has 2 aliphatic rings. The van der Waals surface area contributed by atoms with Crippen LogP contribution in [0.1, 0.15) is 18.4 Å². The zero-order valence-electron chi connectivity index (χ0n) is 16.9. The molecule has 1 aromatic carbocycles. The second-order valence-electron chi connectivity index (χ2n) is 7.14. The first-order chi connectivity index (χ1) is 15.1. The van der Waals surface area contributed by atoms with Gasteiger partial charge in [0.05, 0.1) is 24.4 Å². The highest BCUT2D eigenvalue weighted by Crippen LogP contribution is 2.35. The number of anilines is 2. The number of nitrogen functional groups attached to an aromatic ring is 1. The minimum absolute atomic E-state index is 0.0414. The lowest BCUT2D eigenvalue weighted by atomic mass is 10.1. The van der Waals surface area contributed by atoms with Gasteiger partial charge in [-0.25, -0.2) is 9.97 Å². The monoisotopic (exact) mass is 421 g/mol. The van der Waals surface area contributed by atoms with Crippen LogP contribution in [0.5, 0.6) is 0 Å². The topological polar surface area (TPSA) is 132 Å². The number of nitrogens with zero attached hydrogens (tertiary/aromatic N) is 5. The fraction of sp³-hybridized carbons (Fsp3) is 0.286. The second kappa shape index (κ2) is 9.35. The number of nitrogens with one attached hydrogen (secondary N) is 1. The van der Waals surface area contributed by atoms with E-state index in [2.05, 4.69) is 43.6 Å². The van der Waals surface area contributed by atoms with E-state index < -0.39 is 10.6 Å². The molecule has 0 radical (unpaired) electrons. The maximum absolute atomic E-state index is 11.3. The van der Waals surface area contributed by atoms with Crippen LogP contribution in [0.25, 0.3) is 6.08 Å². The molecule has 1 aliphatic carbocycles. The average Bonchev–Trinajstić information content (AvgIpc) is 3.17. The van der Waals surface area contributed by atoms with Gasteiger partial charge < -0.3 is 15.4 Å². The van der Waals surface area contributed by atoms with Crippen molar-refractivity contribution >= 4 is 29.6 Å². The van der Waals surface area contributed by atoms with Crippen LogP contribution in [0.2, 0.25) is 0 Å². The van der Waals surface area contributed by atoms with E-state index in [9.17, 15) is 10.1 Å². The van der Waals surface area contributed by atoms with Crippen LogP contribution in [0.3, 0.4) is 0 Å². The highest BCUT2D eigenvalue weighted by atomic mass is 16.6. The van der Waals surface area contributed by atoms with Crippen molar-refractivity contribution in [2.75, 3.05) is 37.5 Å². The smallest absolute Gasteiger partial charge is 0.354 e. The maximum Gasteiger partial charge on any atom is 0.354 e. The van der Waals surface area contributed by atoms with E-state index in [-0.39, 0.29) is 11.6 Å². The molecule has 0 atom stereocenters. The van der Waals surface area contributed by atoms with Gasteiger partial charge in [-0.1, -0.05) is 30.3 Å². The Hall–Kier alpha value is -3.79. The molecule has 4 rings (SSSR count). The molecule has 3 N–H and O–H groups in total. The standard InChI is InChI=1S/C21H23N7O3/c22-20-19(28(29)30)21(24-14-23-20)26-25-13-17-7-6-16(12-15-4-2-1-3-5-15)18(17)27-8-10-31-11-9-27/h1-5,12-14H,6-11H2,(H3,22,23,24,26)/b16-12?,25-13-. The average molecular weight is 421 g/mol.